The van der Waals surface area contributed by atoms with Crippen molar-refractivity contribution in [3.63, 3.8) is 0 Å². The number of amides is 1. The molecule has 5 rings (SSSR count). The van der Waals surface area contributed by atoms with Crippen molar-refractivity contribution in [3.05, 3.63) is 94.8 Å². The highest BCUT2D eigenvalue weighted by atomic mass is 19.4. The van der Waals surface area contributed by atoms with Gasteiger partial charge >= 0.3 is 6.18 Å². The number of alkyl halides is 3. The average Bonchev–Trinajstić information content (AvgIpc) is 3.19. The van der Waals surface area contributed by atoms with Crippen LogP contribution in [-0.2, 0) is 19.1 Å². The molecule has 0 unspecified atom stereocenters. The van der Waals surface area contributed by atoms with Crippen LogP contribution in [0.3, 0.4) is 0 Å². The van der Waals surface area contributed by atoms with Gasteiger partial charge in [-0.3, -0.25) is 4.79 Å². The zero-order chi connectivity index (χ0) is 24.0. The molecule has 0 radical (unpaired) electrons. The van der Waals surface area contributed by atoms with Crippen molar-refractivity contribution >= 4 is 22.6 Å². The van der Waals surface area contributed by atoms with Gasteiger partial charge in [0.15, 0.2) is 0 Å². The first-order valence-electron chi connectivity index (χ1n) is 10.7. The van der Waals surface area contributed by atoms with Crippen LogP contribution in [0, 0.1) is 5.82 Å². The third-order valence-corrected chi connectivity index (χ3v) is 6.07. The number of pyridine rings is 1. The molecule has 1 aliphatic rings. The Morgan fingerprint density at radius 3 is 2.38 bits per heavy atom. The third kappa shape index (κ3) is 3.65. The summed E-state index contributed by atoms with van der Waals surface area (Å²) >= 11 is 0. The number of primary amides is 1. The van der Waals surface area contributed by atoms with Crippen molar-refractivity contribution in [3.8, 4) is 11.1 Å². The largest absolute Gasteiger partial charge is 0.419 e. The summed E-state index contributed by atoms with van der Waals surface area (Å²) in [6.07, 6.45) is -4.65. The summed E-state index contributed by atoms with van der Waals surface area (Å²) in [7, 11) is 0. The summed E-state index contributed by atoms with van der Waals surface area (Å²) < 4.78 is 57.1. The second kappa shape index (κ2) is 8.13. The maximum atomic E-state index is 14.7. The summed E-state index contributed by atoms with van der Waals surface area (Å²) in [6, 6.07) is 18.0. The van der Waals surface area contributed by atoms with Crippen LogP contribution >= 0.6 is 0 Å². The minimum Gasteiger partial charge on any atom is -0.366 e. The fourth-order valence-corrected chi connectivity index (χ4v) is 4.65. The Balaban J connectivity index is 1.83. The van der Waals surface area contributed by atoms with Gasteiger partial charge < -0.3 is 10.6 Å². The van der Waals surface area contributed by atoms with E-state index in [0.29, 0.717) is 47.9 Å². The van der Waals surface area contributed by atoms with Gasteiger partial charge in [-0.1, -0.05) is 48.5 Å². The van der Waals surface area contributed by atoms with E-state index in [-0.39, 0.29) is 11.1 Å². The molecule has 2 heterocycles. The van der Waals surface area contributed by atoms with E-state index < -0.39 is 29.0 Å². The van der Waals surface area contributed by atoms with E-state index in [1.165, 1.54) is 0 Å². The number of benzene rings is 3. The third-order valence-electron chi connectivity index (χ3n) is 6.07. The summed E-state index contributed by atoms with van der Waals surface area (Å²) in [4.78, 5) is 19.0. The molecule has 1 amide bonds. The van der Waals surface area contributed by atoms with E-state index in [1.54, 1.807) is 24.3 Å². The number of para-hydroxylation sites is 1. The topological polar surface area (TPSA) is 59.2 Å². The van der Waals surface area contributed by atoms with Crippen LogP contribution in [-0.4, -0.2) is 17.4 Å². The Morgan fingerprint density at radius 1 is 0.971 bits per heavy atom. The number of anilines is 1. The molecule has 1 aliphatic heterocycles. The quantitative estimate of drug-likeness (QED) is 0.392. The predicted molar refractivity (Wildman–Crippen MR) is 122 cm³/mol. The lowest BCUT2D eigenvalue weighted by atomic mass is 9.87. The van der Waals surface area contributed by atoms with Gasteiger partial charge in [0.2, 0.25) is 5.91 Å². The van der Waals surface area contributed by atoms with E-state index in [2.05, 4.69) is 0 Å². The average molecular weight is 465 g/mol. The Labute approximate surface area is 192 Å². The first-order chi connectivity index (χ1) is 16.3. The zero-order valence-corrected chi connectivity index (χ0v) is 17.9. The van der Waals surface area contributed by atoms with Crippen LogP contribution in [0.5, 0.6) is 0 Å². The lowest BCUT2D eigenvalue weighted by molar-refractivity contribution is -0.139. The molecule has 3 aromatic carbocycles. The van der Waals surface area contributed by atoms with Crippen molar-refractivity contribution in [1.29, 1.82) is 0 Å². The van der Waals surface area contributed by atoms with Gasteiger partial charge in [-0.25, -0.2) is 9.37 Å². The summed E-state index contributed by atoms with van der Waals surface area (Å²) in [5.41, 5.74) is 5.22. The van der Waals surface area contributed by atoms with Gasteiger partial charge in [-0.15, -0.1) is 0 Å². The molecule has 0 spiro atoms. The van der Waals surface area contributed by atoms with E-state index in [1.807, 2.05) is 35.2 Å². The number of nitrogens with zero attached hydrogens (tertiary/aromatic N) is 2. The molecule has 4 aromatic rings. The van der Waals surface area contributed by atoms with Crippen LogP contribution < -0.4 is 10.6 Å². The lowest BCUT2D eigenvalue weighted by Gasteiger charge is -2.22. The first kappa shape index (κ1) is 21.9. The Hall–Kier alpha value is -3.94. The molecule has 0 fully saturated rings. The van der Waals surface area contributed by atoms with Gasteiger partial charge in [0.1, 0.15) is 11.6 Å². The van der Waals surface area contributed by atoms with Gasteiger partial charge in [0.05, 0.1) is 11.1 Å². The lowest BCUT2D eigenvalue weighted by Crippen LogP contribution is -2.20. The number of nitrogens with two attached hydrogens (primary N) is 1. The van der Waals surface area contributed by atoms with Crippen molar-refractivity contribution in [1.82, 2.24) is 4.98 Å². The van der Waals surface area contributed by atoms with Crippen LogP contribution in [0.15, 0.2) is 66.7 Å². The molecule has 8 heteroatoms. The van der Waals surface area contributed by atoms with Gasteiger partial charge in [-0.05, 0) is 35.7 Å². The predicted octanol–water partition coefficient (Wildman–Crippen LogP) is 5.72. The van der Waals surface area contributed by atoms with Crippen molar-refractivity contribution < 1.29 is 22.4 Å². The summed E-state index contributed by atoms with van der Waals surface area (Å²) in [5, 5.41) is 0.404. The number of hydrogen-bond donors (Lipinski definition) is 1. The van der Waals surface area contributed by atoms with E-state index in [4.69, 9.17) is 10.7 Å². The molecule has 0 saturated carbocycles. The molecule has 0 saturated heterocycles. The molecule has 1 aromatic heterocycles. The maximum absolute atomic E-state index is 14.7. The van der Waals surface area contributed by atoms with Crippen LogP contribution in [0.4, 0.5) is 23.4 Å². The molecule has 0 atom stereocenters. The number of carbonyl (C=O) groups excluding carboxylic acids is 1. The van der Waals surface area contributed by atoms with Crippen LogP contribution in [0.1, 0.15) is 27.0 Å². The number of halogens is 4. The van der Waals surface area contributed by atoms with E-state index >= 15 is 0 Å². The minimum atomic E-state index is -5.04. The van der Waals surface area contributed by atoms with Crippen molar-refractivity contribution in [2.45, 2.75) is 19.1 Å². The van der Waals surface area contributed by atoms with Gasteiger partial charge in [0, 0.05) is 35.2 Å². The number of carbonyl (C=O) groups is 1. The normalized spacial score (nSPS) is 13.4. The molecule has 0 aliphatic carbocycles. The highest BCUT2D eigenvalue weighted by Crippen LogP contribution is 2.47. The molecule has 4 nitrogen and oxygen atoms in total. The first-order valence-corrected chi connectivity index (χ1v) is 10.7. The highest BCUT2D eigenvalue weighted by molar-refractivity contribution is 6.08. The van der Waals surface area contributed by atoms with Gasteiger partial charge in [-0.2, -0.15) is 13.2 Å². The molecule has 172 valence electrons. The molecular weight excluding hydrogens is 446 g/mol. The summed E-state index contributed by atoms with van der Waals surface area (Å²) in [5.74, 6) is -2.00. The minimum absolute atomic E-state index is 0.150. The maximum Gasteiger partial charge on any atom is 0.419 e. The fraction of sp³-hybridized carbons (Fsp3) is 0.154. The smallest absolute Gasteiger partial charge is 0.366 e. The molecule has 0 bridgehead atoms. The second-order valence-corrected chi connectivity index (χ2v) is 8.17. The van der Waals surface area contributed by atoms with Gasteiger partial charge in [0.25, 0.3) is 0 Å². The fourth-order valence-electron chi connectivity index (χ4n) is 4.65. The zero-order valence-electron chi connectivity index (χ0n) is 17.9. The SMILES string of the molecule is NC(=O)c1ccc(F)c(C(F)(F)F)c1-c1c2c(nc3ccccc13)N(Cc1ccccc1)CC2. The standard InChI is InChI=1S/C26H19F4N3O/c27-19-11-10-17(24(31)34)22(23(19)26(28,29)30)21-16-8-4-5-9-20(16)32-25-18(21)12-13-33(25)14-15-6-2-1-3-7-15/h1-11H,12-14H2,(H2,31,34). The Bertz CT molecular complexity index is 1420. The van der Waals surface area contributed by atoms with Crippen molar-refractivity contribution in [2.75, 3.05) is 11.4 Å². The second-order valence-electron chi connectivity index (χ2n) is 8.17. The molecule has 2 N–H and O–H groups in total. The molecular formula is C26H19F4N3O. The molecule has 34 heavy (non-hydrogen) atoms. The van der Waals surface area contributed by atoms with E-state index in [9.17, 15) is 22.4 Å². The highest BCUT2D eigenvalue weighted by Gasteiger charge is 2.41. The summed E-state index contributed by atoms with van der Waals surface area (Å²) in [6.45, 7) is 1.03. The van der Waals surface area contributed by atoms with Crippen LogP contribution in [0.25, 0.3) is 22.0 Å². The van der Waals surface area contributed by atoms with Crippen LogP contribution in [0.2, 0.25) is 0 Å². The van der Waals surface area contributed by atoms with Crippen molar-refractivity contribution in [2.24, 2.45) is 5.73 Å². The van der Waals surface area contributed by atoms with E-state index in [0.717, 1.165) is 11.6 Å². The Kier molecular flexibility index (Phi) is 5.23. The number of fused-ring (bicyclic) bond motifs is 2. The number of rotatable bonds is 4. The number of hydrogen-bond acceptors (Lipinski definition) is 3. The Morgan fingerprint density at radius 2 is 1.68 bits per heavy atom. The monoisotopic (exact) mass is 465 g/mol. The number of aromatic nitrogens is 1.